The predicted molar refractivity (Wildman–Crippen MR) is 92.9 cm³/mol. The third kappa shape index (κ3) is 4.44. The Kier molecular flexibility index (Phi) is 5.63. The van der Waals surface area contributed by atoms with E-state index in [0.717, 1.165) is 6.07 Å². The first-order valence-corrected chi connectivity index (χ1v) is 8.54. The highest BCUT2D eigenvalue weighted by Gasteiger charge is 2.23. The van der Waals surface area contributed by atoms with Crippen LogP contribution in [0.3, 0.4) is 0 Å². The number of ether oxygens (including phenoxy) is 1. The average molecular weight is 364 g/mol. The number of carbonyl (C=O) groups excluding carboxylic acids is 1. The molecule has 1 aromatic carbocycles. The molecule has 0 saturated carbocycles. The number of hydrogen-bond acceptors (Lipinski definition) is 4. The highest BCUT2D eigenvalue weighted by Crippen LogP contribution is 2.15. The zero-order valence-electron chi connectivity index (χ0n) is 14.8. The van der Waals surface area contributed by atoms with E-state index in [4.69, 9.17) is 4.74 Å². The maximum Gasteiger partial charge on any atom is 0.242 e. The van der Waals surface area contributed by atoms with Crippen molar-refractivity contribution in [3.8, 4) is 0 Å². The van der Waals surface area contributed by atoms with Crippen LogP contribution in [0, 0.1) is 18.6 Å². The van der Waals surface area contributed by atoms with Crippen molar-refractivity contribution in [2.24, 2.45) is 0 Å². The lowest BCUT2D eigenvalue weighted by Gasteiger charge is -2.31. The molecule has 1 amide bonds. The molecule has 1 saturated heterocycles. The van der Waals surface area contributed by atoms with Crippen molar-refractivity contribution in [1.82, 2.24) is 14.5 Å². The normalized spacial score (nSPS) is 16.5. The van der Waals surface area contributed by atoms with Crippen molar-refractivity contribution in [3.63, 3.8) is 0 Å². The average Bonchev–Trinajstić information content (AvgIpc) is 2.93. The standard InChI is InChI=1S/C18H22F2N4O2/c1-12(23-3-5-26-6-4-23)18(25)22-17-11-24(13(2)21-17)10-14-7-15(19)9-16(20)8-14/h7-9,11-12H,3-6,10H2,1-2H3,(H,22,25)/t12-/m0/s1. The molecule has 1 aromatic heterocycles. The van der Waals surface area contributed by atoms with Crippen LogP contribution in [-0.4, -0.2) is 52.7 Å². The Morgan fingerprint density at radius 3 is 2.58 bits per heavy atom. The van der Waals surface area contributed by atoms with Crippen molar-refractivity contribution >= 4 is 11.7 Å². The van der Waals surface area contributed by atoms with Gasteiger partial charge in [0.1, 0.15) is 17.5 Å². The second-order valence-electron chi connectivity index (χ2n) is 6.39. The van der Waals surface area contributed by atoms with Gasteiger partial charge in [0, 0.05) is 31.9 Å². The van der Waals surface area contributed by atoms with Gasteiger partial charge in [-0.25, -0.2) is 13.8 Å². The maximum atomic E-state index is 13.3. The van der Waals surface area contributed by atoms with Crippen LogP contribution in [0.1, 0.15) is 18.3 Å². The Labute approximate surface area is 150 Å². The van der Waals surface area contributed by atoms with Gasteiger partial charge in [0.15, 0.2) is 5.82 Å². The summed E-state index contributed by atoms with van der Waals surface area (Å²) in [4.78, 5) is 18.8. The van der Waals surface area contributed by atoms with Crippen LogP contribution in [0.15, 0.2) is 24.4 Å². The maximum absolute atomic E-state index is 13.3. The molecule has 26 heavy (non-hydrogen) atoms. The second-order valence-corrected chi connectivity index (χ2v) is 6.39. The van der Waals surface area contributed by atoms with E-state index in [-0.39, 0.29) is 18.5 Å². The molecule has 2 aromatic rings. The van der Waals surface area contributed by atoms with E-state index >= 15 is 0 Å². The van der Waals surface area contributed by atoms with Crippen LogP contribution in [-0.2, 0) is 16.1 Å². The molecule has 1 aliphatic rings. The van der Waals surface area contributed by atoms with E-state index in [1.54, 1.807) is 17.7 Å². The number of benzene rings is 1. The van der Waals surface area contributed by atoms with Gasteiger partial charge < -0.3 is 14.6 Å². The minimum Gasteiger partial charge on any atom is -0.379 e. The Morgan fingerprint density at radius 1 is 1.27 bits per heavy atom. The smallest absolute Gasteiger partial charge is 0.242 e. The third-order valence-electron chi connectivity index (χ3n) is 4.48. The molecule has 0 unspecified atom stereocenters. The number of aryl methyl sites for hydroxylation is 1. The van der Waals surface area contributed by atoms with Gasteiger partial charge in [0.2, 0.25) is 5.91 Å². The minimum atomic E-state index is -0.620. The molecular weight excluding hydrogens is 342 g/mol. The molecule has 0 bridgehead atoms. The summed E-state index contributed by atoms with van der Waals surface area (Å²) in [5.74, 6) is -0.321. The van der Waals surface area contributed by atoms with Crippen LogP contribution >= 0.6 is 0 Å². The van der Waals surface area contributed by atoms with E-state index in [9.17, 15) is 13.6 Å². The van der Waals surface area contributed by atoms with Crippen LogP contribution in [0.25, 0.3) is 0 Å². The summed E-state index contributed by atoms with van der Waals surface area (Å²) in [6, 6.07) is 3.10. The summed E-state index contributed by atoms with van der Waals surface area (Å²) >= 11 is 0. The van der Waals surface area contributed by atoms with Crippen molar-refractivity contribution in [1.29, 1.82) is 0 Å². The van der Waals surface area contributed by atoms with Gasteiger partial charge in [-0.1, -0.05) is 0 Å². The lowest BCUT2D eigenvalue weighted by Crippen LogP contribution is -2.47. The molecule has 6 nitrogen and oxygen atoms in total. The second kappa shape index (κ2) is 7.92. The number of anilines is 1. The quantitative estimate of drug-likeness (QED) is 0.884. The zero-order valence-corrected chi connectivity index (χ0v) is 14.8. The molecule has 140 valence electrons. The molecule has 1 atom stereocenters. The van der Waals surface area contributed by atoms with E-state index in [0.29, 0.717) is 43.5 Å². The molecule has 0 radical (unpaired) electrons. The fourth-order valence-corrected chi connectivity index (χ4v) is 2.99. The van der Waals surface area contributed by atoms with Crippen molar-refractivity contribution in [2.45, 2.75) is 26.4 Å². The molecular formula is C18H22F2N4O2. The molecule has 1 N–H and O–H groups in total. The van der Waals surface area contributed by atoms with Gasteiger partial charge in [0.05, 0.1) is 19.3 Å². The molecule has 0 spiro atoms. The topological polar surface area (TPSA) is 59.4 Å². The fourth-order valence-electron chi connectivity index (χ4n) is 2.99. The predicted octanol–water partition coefficient (Wildman–Crippen LogP) is 2.18. The number of amides is 1. The number of aromatic nitrogens is 2. The molecule has 1 aliphatic heterocycles. The van der Waals surface area contributed by atoms with Crippen molar-refractivity contribution in [2.75, 3.05) is 31.6 Å². The van der Waals surface area contributed by atoms with Crippen LogP contribution in [0.2, 0.25) is 0 Å². The Balaban J connectivity index is 1.66. The number of rotatable bonds is 5. The Hall–Kier alpha value is -2.32. The van der Waals surface area contributed by atoms with Crippen LogP contribution < -0.4 is 5.32 Å². The lowest BCUT2D eigenvalue weighted by atomic mass is 10.2. The van der Waals surface area contributed by atoms with Crippen molar-refractivity contribution in [3.05, 3.63) is 47.4 Å². The number of imidazole rings is 1. The zero-order chi connectivity index (χ0) is 18.7. The Bertz CT molecular complexity index is 767. The van der Waals surface area contributed by atoms with Crippen molar-refractivity contribution < 1.29 is 18.3 Å². The third-order valence-corrected chi connectivity index (χ3v) is 4.48. The molecule has 8 heteroatoms. The number of halogens is 2. The highest BCUT2D eigenvalue weighted by atomic mass is 19.1. The molecule has 0 aliphatic carbocycles. The molecule has 2 heterocycles. The summed E-state index contributed by atoms with van der Waals surface area (Å²) in [5, 5.41) is 2.81. The minimum absolute atomic E-state index is 0.145. The van der Waals surface area contributed by atoms with E-state index in [2.05, 4.69) is 15.2 Å². The number of carbonyl (C=O) groups is 1. The number of nitrogens with one attached hydrogen (secondary N) is 1. The number of nitrogens with zero attached hydrogens (tertiary/aromatic N) is 3. The van der Waals surface area contributed by atoms with E-state index in [1.807, 2.05) is 6.92 Å². The first kappa shape index (κ1) is 18.5. The monoisotopic (exact) mass is 364 g/mol. The summed E-state index contributed by atoms with van der Waals surface area (Å²) in [7, 11) is 0. The first-order valence-electron chi connectivity index (χ1n) is 8.54. The summed E-state index contributed by atoms with van der Waals surface area (Å²) in [6.45, 7) is 6.56. The van der Waals surface area contributed by atoms with Gasteiger partial charge in [-0.2, -0.15) is 0 Å². The molecule has 3 rings (SSSR count). The lowest BCUT2D eigenvalue weighted by molar-refractivity contribution is -0.122. The highest BCUT2D eigenvalue weighted by molar-refractivity contribution is 5.93. The number of morpholine rings is 1. The van der Waals surface area contributed by atoms with Crippen LogP contribution in [0.4, 0.5) is 14.6 Å². The van der Waals surface area contributed by atoms with Crippen LogP contribution in [0.5, 0.6) is 0 Å². The first-order chi connectivity index (χ1) is 12.4. The van der Waals surface area contributed by atoms with Gasteiger partial charge in [-0.3, -0.25) is 9.69 Å². The van der Waals surface area contributed by atoms with Gasteiger partial charge in [-0.15, -0.1) is 0 Å². The largest absolute Gasteiger partial charge is 0.379 e. The van der Waals surface area contributed by atoms with E-state index in [1.165, 1.54) is 12.1 Å². The van der Waals surface area contributed by atoms with Gasteiger partial charge in [-0.05, 0) is 31.5 Å². The SMILES string of the molecule is Cc1nc(NC(=O)[C@H](C)N2CCOCC2)cn1Cc1cc(F)cc(F)c1. The van der Waals surface area contributed by atoms with Gasteiger partial charge in [0.25, 0.3) is 0 Å². The molecule has 1 fully saturated rings. The number of hydrogen-bond donors (Lipinski definition) is 1. The summed E-state index contributed by atoms with van der Waals surface area (Å²) in [6.07, 6.45) is 1.67. The summed E-state index contributed by atoms with van der Waals surface area (Å²) in [5.41, 5.74) is 0.488. The van der Waals surface area contributed by atoms with Gasteiger partial charge >= 0.3 is 0 Å². The summed E-state index contributed by atoms with van der Waals surface area (Å²) < 4.78 is 33.7. The van der Waals surface area contributed by atoms with E-state index < -0.39 is 11.6 Å². The Morgan fingerprint density at radius 2 is 1.92 bits per heavy atom. The fraction of sp³-hybridized carbons (Fsp3) is 0.444.